The summed E-state index contributed by atoms with van der Waals surface area (Å²) in [5, 5.41) is 9.02. The van der Waals surface area contributed by atoms with Gasteiger partial charge < -0.3 is 5.11 Å². The van der Waals surface area contributed by atoms with Crippen molar-refractivity contribution < 1.29 is 22.7 Å². The number of anilines is 1. The Morgan fingerprint density at radius 2 is 1.86 bits per heavy atom. The number of benzene rings is 2. The molecule has 110 valence electrons. The highest BCUT2D eigenvalue weighted by Gasteiger charge is 2.21. The number of nitrogens with one attached hydrogen (secondary N) is 1. The van der Waals surface area contributed by atoms with Crippen molar-refractivity contribution >= 4 is 21.7 Å². The molecule has 0 fully saturated rings. The third-order valence-electron chi connectivity index (χ3n) is 2.78. The van der Waals surface area contributed by atoms with Crippen LogP contribution < -0.4 is 4.72 Å². The van der Waals surface area contributed by atoms with Gasteiger partial charge in [0.1, 0.15) is 10.7 Å². The van der Waals surface area contributed by atoms with E-state index >= 15 is 0 Å². The van der Waals surface area contributed by atoms with Crippen molar-refractivity contribution in [1.29, 1.82) is 0 Å². The van der Waals surface area contributed by atoms with Gasteiger partial charge in [-0.25, -0.2) is 17.6 Å². The fourth-order valence-corrected chi connectivity index (χ4v) is 3.02. The summed E-state index contributed by atoms with van der Waals surface area (Å²) in [6.07, 6.45) is 0. The maximum Gasteiger partial charge on any atom is 0.337 e. The Kier molecular flexibility index (Phi) is 3.95. The van der Waals surface area contributed by atoms with E-state index in [-0.39, 0.29) is 11.3 Å². The second kappa shape index (κ2) is 5.53. The summed E-state index contributed by atoms with van der Waals surface area (Å²) in [6, 6.07) is 9.18. The molecule has 0 aliphatic heterocycles. The molecule has 0 atom stereocenters. The van der Waals surface area contributed by atoms with Gasteiger partial charge in [-0.15, -0.1) is 0 Å². The van der Waals surface area contributed by atoms with E-state index in [1.165, 1.54) is 36.4 Å². The zero-order valence-electron chi connectivity index (χ0n) is 11.0. The van der Waals surface area contributed by atoms with Gasteiger partial charge >= 0.3 is 5.97 Å². The molecule has 2 aromatic rings. The lowest BCUT2D eigenvalue weighted by Gasteiger charge is -2.11. The molecule has 0 saturated carbocycles. The molecule has 0 aliphatic rings. The van der Waals surface area contributed by atoms with Gasteiger partial charge in [-0.3, -0.25) is 4.72 Å². The number of rotatable bonds is 4. The quantitative estimate of drug-likeness (QED) is 0.909. The van der Waals surface area contributed by atoms with Crippen molar-refractivity contribution in [1.82, 2.24) is 0 Å². The van der Waals surface area contributed by atoms with Crippen LogP contribution in [0.2, 0.25) is 0 Å². The summed E-state index contributed by atoms with van der Waals surface area (Å²) in [4.78, 5) is 10.5. The molecule has 2 rings (SSSR count). The first-order chi connectivity index (χ1) is 9.81. The normalized spacial score (nSPS) is 11.1. The predicted molar refractivity (Wildman–Crippen MR) is 75.3 cm³/mol. The third-order valence-corrected chi connectivity index (χ3v) is 4.16. The van der Waals surface area contributed by atoms with Crippen molar-refractivity contribution in [3.8, 4) is 0 Å². The van der Waals surface area contributed by atoms with Gasteiger partial charge in [-0.1, -0.05) is 18.2 Å². The minimum Gasteiger partial charge on any atom is -0.478 e. The van der Waals surface area contributed by atoms with Crippen molar-refractivity contribution in [2.75, 3.05) is 4.72 Å². The SMILES string of the molecule is Cc1ccc(F)c(S(=O)(=O)Nc2ccccc2C(=O)O)c1. The number of halogens is 1. The van der Waals surface area contributed by atoms with E-state index in [1.54, 1.807) is 6.92 Å². The van der Waals surface area contributed by atoms with Crippen molar-refractivity contribution in [3.05, 3.63) is 59.4 Å². The molecule has 0 aromatic heterocycles. The topological polar surface area (TPSA) is 83.5 Å². The van der Waals surface area contributed by atoms with E-state index < -0.39 is 26.7 Å². The van der Waals surface area contributed by atoms with E-state index in [0.717, 1.165) is 6.07 Å². The number of carbonyl (C=O) groups is 1. The highest BCUT2D eigenvalue weighted by Crippen LogP contribution is 2.22. The highest BCUT2D eigenvalue weighted by molar-refractivity contribution is 7.92. The molecule has 0 radical (unpaired) electrons. The summed E-state index contributed by atoms with van der Waals surface area (Å²) in [6.45, 7) is 1.63. The summed E-state index contributed by atoms with van der Waals surface area (Å²) < 4.78 is 40.2. The molecule has 0 saturated heterocycles. The van der Waals surface area contributed by atoms with Crippen LogP contribution in [-0.4, -0.2) is 19.5 Å². The van der Waals surface area contributed by atoms with Gasteiger partial charge in [0.2, 0.25) is 0 Å². The average molecular weight is 309 g/mol. The first-order valence-corrected chi connectivity index (χ1v) is 7.41. The Morgan fingerprint density at radius 1 is 1.19 bits per heavy atom. The first-order valence-electron chi connectivity index (χ1n) is 5.92. The lowest BCUT2D eigenvalue weighted by molar-refractivity contribution is 0.0698. The molecule has 21 heavy (non-hydrogen) atoms. The van der Waals surface area contributed by atoms with Crippen LogP contribution in [0.3, 0.4) is 0 Å². The van der Waals surface area contributed by atoms with E-state index in [9.17, 15) is 17.6 Å². The molecule has 2 aromatic carbocycles. The van der Waals surface area contributed by atoms with Crippen LogP contribution in [0.1, 0.15) is 15.9 Å². The molecule has 2 N–H and O–H groups in total. The average Bonchev–Trinajstić information content (AvgIpc) is 2.41. The summed E-state index contributed by atoms with van der Waals surface area (Å²) >= 11 is 0. The van der Waals surface area contributed by atoms with Crippen molar-refractivity contribution in [3.63, 3.8) is 0 Å². The van der Waals surface area contributed by atoms with E-state index in [2.05, 4.69) is 4.72 Å². The fourth-order valence-electron chi connectivity index (χ4n) is 1.77. The number of carboxylic acids is 1. The van der Waals surface area contributed by atoms with E-state index in [4.69, 9.17) is 5.11 Å². The maximum absolute atomic E-state index is 13.7. The molecule has 0 amide bonds. The monoisotopic (exact) mass is 309 g/mol. The van der Waals surface area contributed by atoms with Crippen molar-refractivity contribution in [2.45, 2.75) is 11.8 Å². The predicted octanol–water partition coefficient (Wildman–Crippen LogP) is 2.63. The van der Waals surface area contributed by atoms with Crippen LogP contribution >= 0.6 is 0 Å². The number of hydrogen-bond acceptors (Lipinski definition) is 3. The van der Waals surface area contributed by atoms with E-state index in [1.807, 2.05) is 0 Å². The zero-order chi connectivity index (χ0) is 15.6. The summed E-state index contributed by atoms with van der Waals surface area (Å²) in [5.41, 5.74) is 0.239. The zero-order valence-corrected chi connectivity index (χ0v) is 11.8. The van der Waals surface area contributed by atoms with Gasteiger partial charge in [0.25, 0.3) is 10.0 Å². The molecule has 5 nitrogen and oxygen atoms in total. The fraction of sp³-hybridized carbons (Fsp3) is 0.0714. The van der Waals surface area contributed by atoms with Gasteiger partial charge in [0, 0.05) is 0 Å². The molecule has 0 bridgehead atoms. The van der Waals surface area contributed by atoms with Gasteiger partial charge in [-0.05, 0) is 36.8 Å². The number of aryl methyl sites for hydroxylation is 1. The highest BCUT2D eigenvalue weighted by atomic mass is 32.2. The summed E-state index contributed by atoms with van der Waals surface area (Å²) in [5.74, 6) is -2.18. The Balaban J connectivity index is 2.48. The smallest absolute Gasteiger partial charge is 0.337 e. The lowest BCUT2D eigenvalue weighted by atomic mass is 10.2. The molecule has 0 spiro atoms. The first kappa shape index (κ1) is 15.0. The molecule has 0 aliphatic carbocycles. The van der Waals surface area contributed by atoms with E-state index in [0.29, 0.717) is 5.56 Å². The van der Waals surface area contributed by atoms with Gasteiger partial charge in [0.05, 0.1) is 11.3 Å². The summed E-state index contributed by atoms with van der Waals surface area (Å²) in [7, 11) is -4.21. The number of hydrogen-bond donors (Lipinski definition) is 2. The number of aromatic carboxylic acids is 1. The van der Waals surface area contributed by atoms with Crippen LogP contribution in [0.5, 0.6) is 0 Å². The Labute approximate surface area is 121 Å². The van der Waals surface area contributed by atoms with Gasteiger partial charge in [0.15, 0.2) is 0 Å². The van der Waals surface area contributed by atoms with Crippen LogP contribution in [-0.2, 0) is 10.0 Å². The Bertz CT molecular complexity index is 802. The Hall–Kier alpha value is -2.41. The molecule has 7 heteroatoms. The van der Waals surface area contributed by atoms with Crippen LogP contribution in [0.4, 0.5) is 10.1 Å². The van der Waals surface area contributed by atoms with Crippen LogP contribution in [0, 0.1) is 12.7 Å². The third kappa shape index (κ3) is 3.19. The largest absolute Gasteiger partial charge is 0.478 e. The molecule has 0 unspecified atom stereocenters. The van der Waals surface area contributed by atoms with Crippen molar-refractivity contribution in [2.24, 2.45) is 0 Å². The van der Waals surface area contributed by atoms with Crippen LogP contribution in [0.25, 0.3) is 0 Å². The number of sulfonamides is 1. The standard InChI is InChI=1S/C14H12FNO4S/c1-9-6-7-11(15)13(8-9)21(19,20)16-12-5-3-2-4-10(12)14(17)18/h2-8,16H,1H3,(H,17,18). The number of carboxylic acid groups (broad SMARTS) is 1. The Morgan fingerprint density at radius 3 is 2.52 bits per heavy atom. The molecule has 0 heterocycles. The maximum atomic E-state index is 13.7. The number of para-hydroxylation sites is 1. The minimum absolute atomic E-state index is 0.120. The molecular formula is C14H12FNO4S. The lowest BCUT2D eigenvalue weighted by Crippen LogP contribution is -2.17. The second-order valence-electron chi connectivity index (χ2n) is 4.39. The minimum atomic E-state index is -4.21. The molecular weight excluding hydrogens is 297 g/mol. The second-order valence-corrected chi connectivity index (χ2v) is 6.04. The van der Waals surface area contributed by atoms with Crippen LogP contribution in [0.15, 0.2) is 47.4 Å². The van der Waals surface area contributed by atoms with Gasteiger partial charge in [-0.2, -0.15) is 0 Å².